The summed E-state index contributed by atoms with van der Waals surface area (Å²) in [5.74, 6) is 0. The standard InChI is InChI=1S/C21H22ClN3O/c22-18-8-6-16(7-9-18)21-17(14-24-12-10-20(26)11-13-24)15-25(23-21)19-4-2-1-3-5-19/h1-9,15,20,26H,10-14H2. The zero-order chi connectivity index (χ0) is 17.9. The molecule has 0 bridgehead atoms. The van der Waals surface area contributed by atoms with Gasteiger partial charge >= 0.3 is 0 Å². The lowest BCUT2D eigenvalue weighted by Crippen LogP contribution is -2.35. The summed E-state index contributed by atoms with van der Waals surface area (Å²) in [5.41, 5.74) is 4.28. The van der Waals surface area contributed by atoms with Crippen molar-refractivity contribution in [2.24, 2.45) is 0 Å². The number of nitrogens with zero attached hydrogens (tertiary/aromatic N) is 3. The third kappa shape index (κ3) is 3.83. The van der Waals surface area contributed by atoms with E-state index in [0.29, 0.717) is 0 Å². The molecule has 0 radical (unpaired) electrons. The minimum absolute atomic E-state index is 0.158. The molecule has 0 spiro atoms. The maximum Gasteiger partial charge on any atom is 0.0972 e. The highest BCUT2D eigenvalue weighted by atomic mass is 35.5. The number of aliphatic hydroxyl groups is 1. The number of hydrogen-bond donors (Lipinski definition) is 1. The Hall–Kier alpha value is -2.14. The molecule has 1 aromatic heterocycles. The fourth-order valence-electron chi connectivity index (χ4n) is 3.41. The number of para-hydroxylation sites is 1. The molecule has 0 saturated carbocycles. The summed E-state index contributed by atoms with van der Waals surface area (Å²) in [7, 11) is 0. The Morgan fingerprint density at radius 1 is 1.00 bits per heavy atom. The van der Waals surface area contributed by atoms with Crippen molar-refractivity contribution in [3.63, 3.8) is 0 Å². The average Bonchev–Trinajstić information content (AvgIpc) is 3.09. The van der Waals surface area contributed by atoms with E-state index in [4.69, 9.17) is 16.7 Å². The first-order chi connectivity index (χ1) is 12.7. The van der Waals surface area contributed by atoms with Crippen molar-refractivity contribution in [1.29, 1.82) is 0 Å². The zero-order valence-corrected chi connectivity index (χ0v) is 15.3. The molecule has 5 heteroatoms. The summed E-state index contributed by atoms with van der Waals surface area (Å²) in [5, 5.41) is 15.3. The fraction of sp³-hybridized carbons (Fsp3) is 0.286. The second-order valence-corrected chi connectivity index (χ2v) is 7.23. The number of rotatable bonds is 4. The van der Waals surface area contributed by atoms with Crippen LogP contribution in [0.25, 0.3) is 16.9 Å². The Morgan fingerprint density at radius 3 is 2.38 bits per heavy atom. The van der Waals surface area contributed by atoms with Crippen LogP contribution in [-0.2, 0) is 6.54 Å². The van der Waals surface area contributed by atoms with E-state index in [9.17, 15) is 5.11 Å². The summed E-state index contributed by atoms with van der Waals surface area (Å²) in [6, 6.07) is 18.0. The molecule has 2 heterocycles. The van der Waals surface area contributed by atoms with Crippen LogP contribution in [0.3, 0.4) is 0 Å². The van der Waals surface area contributed by atoms with Crippen LogP contribution >= 0.6 is 11.6 Å². The molecule has 1 aliphatic heterocycles. The van der Waals surface area contributed by atoms with E-state index in [1.807, 2.05) is 47.1 Å². The van der Waals surface area contributed by atoms with Gasteiger partial charge in [0.1, 0.15) is 0 Å². The van der Waals surface area contributed by atoms with Crippen LogP contribution in [0, 0.1) is 0 Å². The predicted octanol–water partition coefficient (Wildman–Crippen LogP) is 4.15. The molecular weight excluding hydrogens is 346 g/mol. The molecule has 0 unspecified atom stereocenters. The third-order valence-corrected chi connectivity index (χ3v) is 5.13. The molecule has 4 rings (SSSR count). The van der Waals surface area contributed by atoms with Crippen LogP contribution in [0.5, 0.6) is 0 Å². The monoisotopic (exact) mass is 367 g/mol. The van der Waals surface area contributed by atoms with Crippen molar-refractivity contribution in [3.05, 3.63) is 71.4 Å². The molecule has 1 saturated heterocycles. The molecular formula is C21H22ClN3O. The fourth-order valence-corrected chi connectivity index (χ4v) is 3.53. The summed E-state index contributed by atoms with van der Waals surface area (Å²) in [6.45, 7) is 2.66. The summed E-state index contributed by atoms with van der Waals surface area (Å²) in [6.07, 6.45) is 3.63. The minimum atomic E-state index is -0.158. The third-order valence-electron chi connectivity index (χ3n) is 4.88. The van der Waals surface area contributed by atoms with E-state index in [1.54, 1.807) is 0 Å². The van der Waals surface area contributed by atoms with Gasteiger partial charge in [-0.1, -0.05) is 41.9 Å². The molecule has 3 aromatic rings. The Balaban J connectivity index is 1.68. The number of hydrogen-bond acceptors (Lipinski definition) is 3. The Kier molecular flexibility index (Phi) is 5.07. The van der Waals surface area contributed by atoms with E-state index >= 15 is 0 Å². The van der Waals surface area contributed by atoms with E-state index in [-0.39, 0.29) is 6.10 Å². The maximum atomic E-state index is 9.75. The first-order valence-electron chi connectivity index (χ1n) is 8.99. The second kappa shape index (κ2) is 7.62. The van der Waals surface area contributed by atoms with Gasteiger partial charge in [0.05, 0.1) is 17.5 Å². The number of piperidine rings is 1. The van der Waals surface area contributed by atoms with Gasteiger partial charge in [-0.2, -0.15) is 5.10 Å². The first-order valence-corrected chi connectivity index (χ1v) is 9.37. The summed E-state index contributed by atoms with van der Waals surface area (Å²) >= 11 is 6.05. The van der Waals surface area contributed by atoms with E-state index in [2.05, 4.69) is 23.2 Å². The molecule has 134 valence electrons. The van der Waals surface area contributed by atoms with Crippen molar-refractivity contribution in [3.8, 4) is 16.9 Å². The predicted molar refractivity (Wildman–Crippen MR) is 105 cm³/mol. The van der Waals surface area contributed by atoms with Crippen molar-refractivity contribution in [2.45, 2.75) is 25.5 Å². The topological polar surface area (TPSA) is 41.3 Å². The SMILES string of the molecule is OC1CCN(Cc2cn(-c3ccccc3)nc2-c2ccc(Cl)cc2)CC1. The minimum Gasteiger partial charge on any atom is -0.393 e. The maximum absolute atomic E-state index is 9.75. The average molecular weight is 368 g/mol. The first kappa shape index (κ1) is 17.3. The van der Waals surface area contributed by atoms with Crippen molar-refractivity contribution in [2.75, 3.05) is 13.1 Å². The van der Waals surface area contributed by atoms with Crippen LogP contribution in [-0.4, -0.2) is 39.0 Å². The number of likely N-dealkylation sites (tertiary alicyclic amines) is 1. The molecule has 0 aliphatic carbocycles. The summed E-state index contributed by atoms with van der Waals surface area (Å²) in [4.78, 5) is 2.39. The summed E-state index contributed by atoms with van der Waals surface area (Å²) < 4.78 is 1.94. The highest BCUT2D eigenvalue weighted by Gasteiger charge is 2.20. The Morgan fingerprint density at radius 2 is 1.69 bits per heavy atom. The van der Waals surface area contributed by atoms with Crippen LogP contribution in [0.4, 0.5) is 0 Å². The second-order valence-electron chi connectivity index (χ2n) is 6.80. The molecule has 0 amide bonds. The Labute approximate surface area is 158 Å². The van der Waals surface area contributed by atoms with E-state index in [1.165, 1.54) is 5.56 Å². The van der Waals surface area contributed by atoms with Gasteiger partial charge in [0.15, 0.2) is 0 Å². The molecule has 2 aromatic carbocycles. The van der Waals surface area contributed by atoms with Gasteiger partial charge in [0.2, 0.25) is 0 Å². The zero-order valence-electron chi connectivity index (χ0n) is 14.6. The quantitative estimate of drug-likeness (QED) is 0.753. The van der Waals surface area contributed by atoms with Crippen LogP contribution in [0.15, 0.2) is 60.8 Å². The van der Waals surface area contributed by atoms with Gasteiger partial charge in [-0.25, -0.2) is 4.68 Å². The van der Waals surface area contributed by atoms with E-state index in [0.717, 1.165) is 54.4 Å². The highest BCUT2D eigenvalue weighted by molar-refractivity contribution is 6.30. The van der Waals surface area contributed by atoms with Gasteiger partial charge in [-0.3, -0.25) is 4.90 Å². The molecule has 1 fully saturated rings. The highest BCUT2D eigenvalue weighted by Crippen LogP contribution is 2.27. The van der Waals surface area contributed by atoms with Gasteiger partial charge in [-0.15, -0.1) is 0 Å². The number of benzene rings is 2. The molecule has 4 nitrogen and oxygen atoms in total. The largest absolute Gasteiger partial charge is 0.393 e. The van der Waals surface area contributed by atoms with Crippen molar-refractivity contribution in [1.82, 2.24) is 14.7 Å². The van der Waals surface area contributed by atoms with Gasteiger partial charge < -0.3 is 5.11 Å². The smallest absolute Gasteiger partial charge is 0.0972 e. The number of aromatic nitrogens is 2. The van der Waals surface area contributed by atoms with Crippen LogP contribution in [0.2, 0.25) is 5.02 Å². The lowest BCUT2D eigenvalue weighted by Gasteiger charge is -2.29. The Bertz CT molecular complexity index is 853. The van der Waals surface area contributed by atoms with Crippen molar-refractivity contribution >= 4 is 11.6 Å². The normalized spacial score (nSPS) is 16.1. The van der Waals surface area contributed by atoms with Gasteiger partial charge in [0.25, 0.3) is 0 Å². The lowest BCUT2D eigenvalue weighted by atomic mass is 10.1. The molecule has 0 atom stereocenters. The van der Waals surface area contributed by atoms with Crippen LogP contribution in [0.1, 0.15) is 18.4 Å². The lowest BCUT2D eigenvalue weighted by molar-refractivity contribution is 0.0793. The molecule has 1 N–H and O–H groups in total. The number of halogens is 1. The molecule has 26 heavy (non-hydrogen) atoms. The van der Waals surface area contributed by atoms with E-state index < -0.39 is 0 Å². The van der Waals surface area contributed by atoms with Crippen molar-refractivity contribution < 1.29 is 5.11 Å². The van der Waals surface area contributed by atoms with Gasteiger partial charge in [-0.05, 0) is 37.1 Å². The van der Waals surface area contributed by atoms with Crippen LogP contribution < -0.4 is 0 Å². The van der Waals surface area contributed by atoms with Gasteiger partial charge in [0, 0.05) is 42.0 Å². The molecule has 1 aliphatic rings. The number of aliphatic hydroxyl groups excluding tert-OH is 1.